The molecule has 2 aliphatic rings. The number of aliphatic imine (C=N–C) groups is 1. The lowest BCUT2D eigenvalue weighted by Crippen LogP contribution is -2.12. The third-order valence-corrected chi connectivity index (χ3v) is 7.53. The number of alkyl halides is 3. The van der Waals surface area contributed by atoms with E-state index in [-0.39, 0.29) is 64.1 Å². The molecule has 1 aliphatic carbocycles. The number of carbonyl (C=O) groups is 1. The highest BCUT2D eigenvalue weighted by Gasteiger charge is 2.43. The number of pyridine rings is 1. The van der Waals surface area contributed by atoms with Crippen molar-refractivity contribution >= 4 is 38.4 Å². The van der Waals surface area contributed by atoms with E-state index in [1.807, 2.05) is 13.1 Å². The van der Waals surface area contributed by atoms with Crippen LogP contribution >= 0.6 is 0 Å². The van der Waals surface area contributed by atoms with Gasteiger partial charge in [-0.15, -0.1) is 0 Å². The molecular weight excluding hydrogens is 507 g/mol. The first kappa shape index (κ1) is 25.1. The molecule has 3 heterocycles. The molecule has 0 amide bonds. The van der Waals surface area contributed by atoms with Crippen LogP contribution in [0.1, 0.15) is 23.4 Å². The SMILES string of the molecule is Cc1cn(C)nc1-c1ccc(Nc2cc(CC(=O)[C@@H]3C[C@@H]3F)nc3c2N=C(C(F)F)C3)c(S(C)(=O)=O)c1. The Hall–Kier alpha value is -3.54. The summed E-state index contributed by atoms with van der Waals surface area (Å²) in [4.78, 5) is 20.7. The molecule has 1 saturated carbocycles. The zero-order valence-corrected chi connectivity index (χ0v) is 21.1. The highest BCUT2D eigenvalue weighted by atomic mass is 32.2. The number of nitrogens with one attached hydrogen (secondary N) is 1. The Morgan fingerprint density at radius 2 is 1.97 bits per heavy atom. The second kappa shape index (κ2) is 9.09. The number of ketones is 1. The lowest BCUT2D eigenvalue weighted by molar-refractivity contribution is -0.120. The molecule has 0 unspecified atom stereocenters. The third kappa shape index (κ3) is 5.02. The first-order valence-corrected chi connectivity index (χ1v) is 13.5. The Kier molecular flexibility index (Phi) is 6.17. The van der Waals surface area contributed by atoms with E-state index in [0.717, 1.165) is 11.8 Å². The van der Waals surface area contributed by atoms with Crippen LogP contribution in [0.2, 0.25) is 0 Å². The second-order valence-corrected chi connectivity index (χ2v) is 11.5. The van der Waals surface area contributed by atoms with Crippen molar-refractivity contribution in [2.75, 3.05) is 11.6 Å². The van der Waals surface area contributed by atoms with Gasteiger partial charge in [0.2, 0.25) is 0 Å². The molecule has 3 aromatic rings. The van der Waals surface area contributed by atoms with Crippen molar-refractivity contribution in [3.8, 4) is 11.3 Å². The topological polar surface area (TPSA) is 106 Å². The molecule has 1 aromatic carbocycles. The van der Waals surface area contributed by atoms with Gasteiger partial charge >= 0.3 is 0 Å². The van der Waals surface area contributed by atoms with E-state index in [2.05, 4.69) is 20.4 Å². The highest BCUT2D eigenvalue weighted by molar-refractivity contribution is 7.90. The fraction of sp³-hybridized carbons (Fsp3) is 0.360. The smallest absolute Gasteiger partial charge is 0.277 e. The average molecular weight is 532 g/mol. The van der Waals surface area contributed by atoms with Crippen LogP contribution in [0.15, 0.2) is 40.4 Å². The van der Waals surface area contributed by atoms with E-state index >= 15 is 0 Å². The van der Waals surface area contributed by atoms with Gasteiger partial charge in [0.1, 0.15) is 17.6 Å². The van der Waals surface area contributed by atoms with Crippen molar-refractivity contribution in [2.24, 2.45) is 18.0 Å². The monoisotopic (exact) mass is 531 g/mol. The maximum atomic E-state index is 13.4. The Morgan fingerprint density at radius 3 is 2.57 bits per heavy atom. The number of hydrogen-bond donors (Lipinski definition) is 1. The summed E-state index contributed by atoms with van der Waals surface area (Å²) in [5, 5.41) is 7.42. The predicted octanol–water partition coefficient (Wildman–Crippen LogP) is 4.30. The lowest BCUT2D eigenvalue weighted by atomic mass is 10.1. The number of Topliss-reactive ketones (excluding diaryl/α,β-unsaturated/α-hetero) is 1. The van der Waals surface area contributed by atoms with Gasteiger partial charge in [-0.3, -0.25) is 14.5 Å². The van der Waals surface area contributed by atoms with Crippen molar-refractivity contribution in [1.29, 1.82) is 0 Å². The molecule has 2 aromatic heterocycles. The van der Waals surface area contributed by atoms with Crippen LogP contribution in [0.5, 0.6) is 0 Å². The molecular formula is C25H24F3N5O3S. The molecule has 5 rings (SSSR count). The summed E-state index contributed by atoms with van der Waals surface area (Å²) in [6.07, 6.45) is -1.25. The van der Waals surface area contributed by atoms with Crippen molar-refractivity contribution in [3.63, 3.8) is 0 Å². The largest absolute Gasteiger partial charge is 0.353 e. The summed E-state index contributed by atoms with van der Waals surface area (Å²) in [6.45, 7) is 1.86. The zero-order chi connectivity index (χ0) is 26.6. The zero-order valence-electron chi connectivity index (χ0n) is 20.3. The molecule has 0 saturated heterocycles. The van der Waals surface area contributed by atoms with E-state index in [1.54, 1.807) is 23.9 Å². The van der Waals surface area contributed by atoms with Crippen molar-refractivity contribution in [2.45, 2.75) is 43.7 Å². The Balaban J connectivity index is 1.56. The number of carbonyl (C=O) groups excluding carboxylic acids is 1. The molecule has 0 bridgehead atoms. The van der Waals surface area contributed by atoms with Gasteiger partial charge in [-0.05, 0) is 37.1 Å². The van der Waals surface area contributed by atoms with Gasteiger partial charge in [-0.25, -0.2) is 26.6 Å². The van der Waals surface area contributed by atoms with Gasteiger partial charge in [-0.1, -0.05) is 6.07 Å². The van der Waals surface area contributed by atoms with Gasteiger partial charge in [0.15, 0.2) is 9.84 Å². The summed E-state index contributed by atoms with van der Waals surface area (Å²) < 4.78 is 67.3. The van der Waals surface area contributed by atoms with E-state index in [1.165, 1.54) is 12.1 Å². The van der Waals surface area contributed by atoms with E-state index < -0.39 is 28.4 Å². The minimum atomic E-state index is -3.73. The number of fused-ring (bicyclic) bond motifs is 1. The molecule has 1 N–H and O–H groups in total. The van der Waals surface area contributed by atoms with Gasteiger partial charge in [0.25, 0.3) is 6.43 Å². The highest BCUT2D eigenvalue weighted by Crippen LogP contribution is 2.40. The fourth-order valence-electron chi connectivity index (χ4n) is 4.49. The molecule has 12 heteroatoms. The van der Waals surface area contributed by atoms with E-state index in [9.17, 15) is 26.4 Å². The number of aromatic nitrogens is 3. The predicted molar refractivity (Wildman–Crippen MR) is 133 cm³/mol. The van der Waals surface area contributed by atoms with Gasteiger partial charge in [0, 0.05) is 37.9 Å². The van der Waals surface area contributed by atoms with Crippen LogP contribution in [0, 0.1) is 12.8 Å². The Bertz CT molecular complexity index is 1570. The second-order valence-electron chi connectivity index (χ2n) is 9.48. The number of anilines is 2. The van der Waals surface area contributed by atoms with Crippen LogP contribution in [0.4, 0.5) is 30.2 Å². The number of benzene rings is 1. The Morgan fingerprint density at radius 1 is 1.24 bits per heavy atom. The number of rotatable bonds is 8. The normalized spacial score (nSPS) is 18.6. The van der Waals surface area contributed by atoms with Crippen molar-refractivity contribution in [3.05, 3.63) is 47.4 Å². The summed E-state index contributed by atoms with van der Waals surface area (Å²) in [6, 6.07) is 6.26. The molecule has 1 aliphatic heterocycles. The van der Waals surface area contributed by atoms with Gasteiger partial charge in [-0.2, -0.15) is 5.10 Å². The van der Waals surface area contributed by atoms with Crippen molar-refractivity contribution < 1.29 is 26.4 Å². The van der Waals surface area contributed by atoms with E-state index in [4.69, 9.17) is 0 Å². The molecule has 0 spiro atoms. The first-order chi connectivity index (χ1) is 17.4. The number of sulfone groups is 1. The van der Waals surface area contributed by atoms with Crippen LogP contribution in [-0.4, -0.2) is 53.5 Å². The number of aryl methyl sites for hydroxylation is 2. The summed E-state index contributed by atoms with van der Waals surface area (Å²) >= 11 is 0. The molecule has 1 fully saturated rings. The minimum Gasteiger partial charge on any atom is -0.353 e. The average Bonchev–Trinajstić information content (AvgIpc) is 3.22. The molecule has 2 atom stereocenters. The number of nitrogens with zero attached hydrogens (tertiary/aromatic N) is 4. The third-order valence-electron chi connectivity index (χ3n) is 6.39. The summed E-state index contributed by atoms with van der Waals surface area (Å²) in [5.41, 5.74) is 2.84. The summed E-state index contributed by atoms with van der Waals surface area (Å²) in [5.74, 6) is -0.982. The molecule has 194 valence electrons. The van der Waals surface area contributed by atoms with Gasteiger partial charge in [0.05, 0.1) is 45.0 Å². The molecule has 0 radical (unpaired) electrons. The minimum absolute atomic E-state index is 0.0208. The van der Waals surface area contributed by atoms with Crippen LogP contribution in [0.3, 0.4) is 0 Å². The first-order valence-electron chi connectivity index (χ1n) is 11.6. The standard InChI is InChI=1S/C25H24F3N5O3S/c1-12-11-33(2)32-23(12)13-4-5-17(22(6-13)37(3,35)36)30-18-7-14(8-21(34)15-9-16(15)26)29-19-10-20(25(27)28)31-24(18)19/h4-7,11,15-16,25H,8-10H2,1-3H3,(H,29,30)/t15-,16+/m1/s1. The maximum absolute atomic E-state index is 13.4. The van der Waals surface area contributed by atoms with Crippen LogP contribution in [-0.2, 0) is 34.5 Å². The quantitative estimate of drug-likeness (QED) is 0.465. The maximum Gasteiger partial charge on any atom is 0.277 e. The van der Waals surface area contributed by atoms with Crippen molar-refractivity contribution in [1.82, 2.24) is 14.8 Å². The van der Waals surface area contributed by atoms with E-state index in [0.29, 0.717) is 11.3 Å². The number of hydrogen-bond acceptors (Lipinski definition) is 7. The summed E-state index contributed by atoms with van der Waals surface area (Å²) in [7, 11) is -1.97. The Labute approximate surface area is 211 Å². The number of halogens is 3. The molecule has 8 nitrogen and oxygen atoms in total. The van der Waals surface area contributed by atoms with Gasteiger partial charge < -0.3 is 5.32 Å². The van der Waals surface area contributed by atoms with Crippen LogP contribution < -0.4 is 5.32 Å². The molecule has 37 heavy (non-hydrogen) atoms. The fourth-order valence-corrected chi connectivity index (χ4v) is 5.35. The van der Waals surface area contributed by atoms with Crippen LogP contribution in [0.25, 0.3) is 11.3 Å². The lowest BCUT2D eigenvalue weighted by Gasteiger charge is -2.15.